The average Bonchev–Trinajstić information content (AvgIpc) is 3.57. The highest BCUT2D eigenvalue weighted by Crippen LogP contribution is 2.45. The highest BCUT2D eigenvalue weighted by atomic mass is 19.1. The molecule has 9 heteroatoms. The number of aromatic hydroxyl groups is 1. The van der Waals surface area contributed by atoms with Crippen molar-refractivity contribution in [3.8, 4) is 5.75 Å². The number of benzene rings is 1. The number of phenols is 1. The maximum absolute atomic E-state index is 14.2. The van der Waals surface area contributed by atoms with E-state index in [1.807, 2.05) is 0 Å². The van der Waals surface area contributed by atoms with Crippen LogP contribution in [0, 0.1) is 23.6 Å². The summed E-state index contributed by atoms with van der Waals surface area (Å²) in [6.07, 6.45) is 7.69. The molecule has 3 heterocycles. The molecule has 2 aromatic rings. The van der Waals surface area contributed by atoms with E-state index < -0.39 is 5.82 Å². The number of carbonyl (C=O) groups excluding carboxylic acids is 1. The molecule has 0 spiro atoms. The largest absolute Gasteiger partial charge is 0.505 e. The van der Waals surface area contributed by atoms with E-state index in [4.69, 9.17) is 9.72 Å². The number of methoxy groups -OCH3 is 1. The van der Waals surface area contributed by atoms with Crippen molar-refractivity contribution in [2.45, 2.75) is 95.8 Å². The number of nitrogens with one attached hydrogen (secondary N) is 3. The maximum atomic E-state index is 14.2. The average molecular weight is 540 g/mol. The number of hydrogen-bond acceptors (Lipinski definition) is 7. The van der Waals surface area contributed by atoms with E-state index in [-0.39, 0.29) is 35.6 Å². The molecule has 3 fully saturated rings. The standard InChI is InChI=1S/C30H42FN5O3/c1-4-17-12-27(37)23(31)14-22(17)18-6-8-20-25(11-18)34-35-28(20)29-32-24-9-10-36(15-26(24)33-29)19-7-5-16(2)21(13-19)30(38)39-3/h12,14,16,18-21,25,28,34-35,37H,4-11,13,15H2,1-3H3,(H,32,33). The Kier molecular flexibility index (Phi) is 7.41. The third-order valence-electron chi connectivity index (χ3n) is 10.1. The summed E-state index contributed by atoms with van der Waals surface area (Å²) in [7, 11) is 1.50. The van der Waals surface area contributed by atoms with Crippen LogP contribution in [-0.4, -0.2) is 51.7 Å². The minimum Gasteiger partial charge on any atom is -0.505 e. The van der Waals surface area contributed by atoms with Gasteiger partial charge in [-0.2, -0.15) is 0 Å². The van der Waals surface area contributed by atoms with Gasteiger partial charge in [-0.15, -0.1) is 0 Å². The van der Waals surface area contributed by atoms with Crippen LogP contribution >= 0.6 is 0 Å². The summed E-state index contributed by atoms with van der Waals surface area (Å²) < 4.78 is 19.3. The number of nitrogens with zero attached hydrogens (tertiary/aromatic N) is 2. The van der Waals surface area contributed by atoms with Gasteiger partial charge < -0.3 is 14.8 Å². The number of phenolic OH excluding ortho intramolecular Hbond substituents is 1. The zero-order chi connectivity index (χ0) is 27.3. The van der Waals surface area contributed by atoms with Crippen LogP contribution in [0.2, 0.25) is 0 Å². The Bertz CT molecular complexity index is 1220. The molecule has 2 saturated carbocycles. The number of H-pyrrole nitrogens is 1. The van der Waals surface area contributed by atoms with Crippen molar-refractivity contribution in [3.05, 3.63) is 46.3 Å². The smallest absolute Gasteiger partial charge is 0.308 e. The molecule has 8 nitrogen and oxygen atoms in total. The number of rotatable bonds is 5. The van der Waals surface area contributed by atoms with Gasteiger partial charge in [-0.1, -0.05) is 13.8 Å². The van der Waals surface area contributed by atoms with Crippen LogP contribution in [0.4, 0.5) is 4.39 Å². The number of imidazole rings is 1. The van der Waals surface area contributed by atoms with Gasteiger partial charge in [-0.25, -0.2) is 14.8 Å². The van der Waals surface area contributed by atoms with E-state index in [0.29, 0.717) is 17.9 Å². The van der Waals surface area contributed by atoms with Gasteiger partial charge in [-0.3, -0.25) is 15.1 Å². The Morgan fingerprint density at radius 3 is 2.85 bits per heavy atom. The number of hydrazine groups is 1. The van der Waals surface area contributed by atoms with Gasteiger partial charge >= 0.3 is 5.97 Å². The lowest BCUT2D eigenvalue weighted by Crippen LogP contribution is -2.45. The highest BCUT2D eigenvalue weighted by Gasteiger charge is 2.43. The van der Waals surface area contributed by atoms with E-state index >= 15 is 0 Å². The molecule has 7 unspecified atom stereocenters. The van der Waals surface area contributed by atoms with Crippen molar-refractivity contribution in [2.75, 3.05) is 13.7 Å². The van der Waals surface area contributed by atoms with Gasteiger partial charge in [0.25, 0.3) is 0 Å². The Morgan fingerprint density at radius 2 is 2.05 bits per heavy atom. The molecule has 2 aliphatic heterocycles. The number of aromatic nitrogens is 2. The number of esters is 1. The van der Waals surface area contributed by atoms with Crippen LogP contribution in [0.5, 0.6) is 5.75 Å². The number of aryl methyl sites for hydroxylation is 1. The first kappa shape index (κ1) is 26.7. The first-order valence-corrected chi connectivity index (χ1v) is 14.8. The number of ether oxygens (including phenoxy) is 1. The van der Waals surface area contributed by atoms with E-state index in [1.165, 1.54) is 18.5 Å². The fraction of sp³-hybridized carbons (Fsp3) is 0.667. The van der Waals surface area contributed by atoms with Crippen LogP contribution in [0.1, 0.15) is 92.7 Å². The van der Waals surface area contributed by atoms with Crippen LogP contribution in [0.25, 0.3) is 0 Å². The quantitative estimate of drug-likeness (QED) is 0.421. The first-order chi connectivity index (χ1) is 18.9. The third-order valence-corrected chi connectivity index (χ3v) is 10.1. The van der Waals surface area contributed by atoms with Crippen LogP contribution in [0.3, 0.4) is 0 Å². The van der Waals surface area contributed by atoms with Gasteiger partial charge in [0.1, 0.15) is 5.82 Å². The van der Waals surface area contributed by atoms with Gasteiger partial charge in [0, 0.05) is 31.6 Å². The van der Waals surface area contributed by atoms with Crippen LogP contribution < -0.4 is 10.9 Å². The summed E-state index contributed by atoms with van der Waals surface area (Å²) in [5.41, 5.74) is 11.5. The predicted octanol–water partition coefficient (Wildman–Crippen LogP) is 4.25. The summed E-state index contributed by atoms with van der Waals surface area (Å²) in [5.74, 6) is 1.20. The minimum absolute atomic E-state index is 0.0141. The number of halogens is 1. The number of carbonyl (C=O) groups is 1. The second-order valence-electron chi connectivity index (χ2n) is 12.2. The maximum Gasteiger partial charge on any atom is 0.308 e. The Balaban J connectivity index is 1.12. The van der Waals surface area contributed by atoms with Crippen LogP contribution in [-0.2, 0) is 28.9 Å². The lowest BCUT2D eigenvalue weighted by molar-refractivity contribution is -0.149. The molecule has 6 rings (SSSR count). The molecule has 212 valence electrons. The van der Waals surface area contributed by atoms with Gasteiger partial charge in [0.15, 0.2) is 11.6 Å². The van der Waals surface area contributed by atoms with Crippen molar-refractivity contribution >= 4 is 5.97 Å². The molecule has 7 atom stereocenters. The Hall–Kier alpha value is -2.49. The second kappa shape index (κ2) is 10.8. The molecule has 4 aliphatic rings. The predicted molar refractivity (Wildman–Crippen MR) is 145 cm³/mol. The summed E-state index contributed by atoms with van der Waals surface area (Å²) in [6, 6.07) is 3.95. The first-order valence-electron chi connectivity index (χ1n) is 14.8. The fourth-order valence-electron chi connectivity index (χ4n) is 7.83. The molecule has 1 saturated heterocycles. The Labute approximate surface area is 230 Å². The van der Waals surface area contributed by atoms with Crippen LogP contribution in [0.15, 0.2) is 12.1 Å². The summed E-state index contributed by atoms with van der Waals surface area (Å²) in [6.45, 7) is 6.04. The number of fused-ring (bicyclic) bond motifs is 2. The van der Waals surface area contributed by atoms with E-state index in [2.05, 4.69) is 34.6 Å². The molecule has 4 N–H and O–H groups in total. The molecule has 0 radical (unpaired) electrons. The van der Waals surface area contributed by atoms with E-state index in [1.54, 1.807) is 12.1 Å². The SMILES string of the molecule is CCc1cc(O)c(F)cc1C1CCC2C(C1)NNC2c1nc2c([nH]1)CN(C1CCC(C)C(C(=O)OC)C1)CC2. The van der Waals surface area contributed by atoms with Gasteiger partial charge in [-0.05, 0) is 86.0 Å². The molecule has 39 heavy (non-hydrogen) atoms. The zero-order valence-corrected chi connectivity index (χ0v) is 23.3. The highest BCUT2D eigenvalue weighted by molar-refractivity contribution is 5.72. The van der Waals surface area contributed by atoms with Crippen molar-refractivity contribution in [2.24, 2.45) is 17.8 Å². The number of hydrogen-bond donors (Lipinski definition) is 4. The van der Waals surface area contributed by atoms with E-state index in [9.17, 15) is 14.3 Å². The molecule has 1 aromatic carbocycles. The minimum atomic E-state index is -0.529. The fourth-order valence-corrected chi connectivity index (χ4v) is 7.83. The zero-order valence-electron chi connectivity index (χ0n) is 23.3. The molecule has 0 amide bonds. The van der Waals surface area contributed by atoms with Crippen molar-refractivity contribution < 1.29 is 19.0 Å². The van der Waals surface area contributed by atoms with Gasteiger partial charge in [0.05, 0.1) is 30.5 Å². The number of aromatic amines is 1. The summed E-state index contributed by atoms with van der Waals surface area (Å²) in [5, 5.41) is 9.85. The van der Waals surface area contributed by atoms with Crippen molar-refractivity contribution in [3.63, 3.8) is 0 Å². The van der Waals surface area contributed by atoms with E-state index in [0.717, 1.165) is 81.4 Å². The summed E-state index contributed by atoms with van der Waals surface area (Å²) in [4.78, 5) is 23.6. The third kappa shape index (κ3) is 4.98. The Morgan fingerprint density at radius 1 is 1.21 bits per heavy atom. The topological polar surface area (TPSA) is 103 Å². The molecular formula is C30H42FN5O3. The second-order valence-corrected chi connectivity index (χ2v) is 12.2. The van der Waals surface area contributed by atoms with Crippen molar-refractivity contribution in [1.29, 1.82) is 0 Å². The molecule has 1 aromatic heterocycles. The monoisotopic (exact) mass is 539 g/mol. The normalized spacial score (nSPS) is 33.0. The lowest BCUT2D eigenvalue weighted by Gasteiger charge is -2.40. The summed E-state index contributed by atoms with van der Waals surface area (Å²) >= 11 is 0. The lowest BCUT2D eigenvalue weighted by atomic mass is 9.73. The van der Waals surface area contributed by atoms with Gasteiger partial charge in [0.2, 0.25) is 0 Å². The van der Waals surface area contributed by atoms with Crippen molar-refractivity contribution in [1.82, 2.24) is 25.7 Å². The molecule has 0 bridgehead atoms. The molecule has 2 aliphatic carbocycles. The molecular weight excluding hydrogens is 497 g/mol.